The number of nitrogens with zero attached hydrogens (tertiary/aromatic N) is 3. The second-order valence-corrected chi connectivity index (χ2v) is 5.75. The average molecular weight is 248 g/mol. The monoisotopic (exact) mass is 248 g/mol. The standard InChI is InChI=1S/C12H16N4S/c13-12(5-3-1-2-4-6-12)11-16-9-10(17-11)15-8-7-14-9/h7-8H,1-6,13H2. The number of hydrogen-bond acceptors (Lipinski definition) is 5. The van der Waals surface area contributed by atoms with E-state index in [-0.39, 0.29) is 5.54 Å². The lowest BCUT2D eigenvalue weighted by Gasteiger charge is -2.24. The van der Waals surface area contributed by atoms with Crippen molar-refractivity contribution in [2.45, 2.75) is 44.1 Å². The van der Waals surface area contributed by atoms with Crippen molar-refractivity contribution in [2.75, 3.05) is 0 Å². The lowest BCUT2D eigenvalue weighted by molar-refractivity contribution is 0.384. The Bertz CT molecular complexity index is 481. The molecule has 1 aliphatic carbocycles. The van der Waals surface area contributed by atoms with E-state index in [9.17, 15) is 0 Å². The van der Waals surface area contributed by atoms with Crippen LogP contribution in [0.15, 0.2) is 12.4 Å². The molecule has 0 unspecified atom stereocenters. The minimum Gasteiger partial charge on any atom is -0.319 e. The zero-order valence-electron chi connectivity index (χ0n) is 9.72. The lowest BCUT2D eigenvalue weighted by Crippen LogP contribution is -2.35. The summed E-state index contributed by atoms with van der Waals surface area (Å²) in [4.78, 5) is 14.0. The van der Waals surface area contributed by atoms with Crippen LogP contribution in [0.4, 0.5) is 0 Å². The van der Waals surface area contributed by atoms with E-state index in [0.29, 0.717) is 0 Å². The van der Waals surface area contributed by atoms with E-state index in [1.54, 1.807) is 23.7 Å². The number of aromatic nitrogens is 3. The molecule has 1 fully saturated rings. The molecular weight excluding hydrogens is 232 g/mol. The second kappa shape index (κ2) is 4.31. The highest BCUT2D eigenvalue weighted by Crippen LogP contribution is 2.36. The van der Waals surface area contributed by atoms with Crippen LogP contribution in [-0.2, 0) is 5.54 Å². The molecule has 0 atom stereocenters. The Morgan fingerprint density at radius 1 is 1.06 bits per heavy atom. The van der Waals surface area contributed by atoms with Crippen molar-refractivity contribution >= 4 is 21.8 Å². The molecule has 2 aromatic heterocycles. The van der Waals surface area contributed by atoms with Crippen molar-refractivity contribution in [1.82, 2.24) is 15.0 Å². The van der Waals surface area contributed by atoms with Crippen LogP contribution in [-0.4, -0.2) is 15.0 Å². The highest BCUT2D eigenvalue weighted by Gasteiger charge is 2.31. The minimum absolute atomic E-state index is 0.246. The van der Waals surface area contributed by atoms with Gasteiger partial charge in [0, 0.05) is 12.4 Å². The molecule has 0 aliphatic heterocycles. The van der Waals surface area contributed by atoms with Crippen LogP contribution in [0, 0.1) is 0 Å². The first-order valence-corrected chi connectivity index (χ1v) is 6.96. The first kappa shape index (κ1) is 11.0. The number of rotatable bonds is 1. The van der Waals surface area contributed by atoms with Crippen molar-refractivity contribution in [2.24, 2.45) is 5.73 Å². The van der Waals surface area contributed by atoms with E-state index in [1.807, 2.05) is 0 Å². The van der Waals surface area contributed by atoms with Crippen LogP contribution in [0.2, 0.25) is 0 Å². The van der Waals surface area contributed by atoms with Crippen molar-refractivity contribution < 1.29 is 0 Å². The van der Waals surface area contributed by atoms with Gasteiger partial charge >= 0.3 is 0 Å². The Morgan fingerprint density at radius 3 is 2.47 bits per heavy atom. The van der Waals surface area contributed by atoms with Gasteiger partial charge in [0.1, 0.15) is 5.01 Å². The second-order valence-electron chi connectivity index (χ2n) is 4.77. The number of thiazole rings is 1. The molecule has 90 valence electrons. The fraction of sp³-hybridized carbons (Fsp3) is 0.583. The first-order chi connectivity index (χ1) is 8.28. The maximum atomic E-state index is 6.54. The summed E-state index contributed by atoms with van der Waals surface area (Å²) < 4.78 is 0. The summed E-state index contributed by atoms with van der Waals surface area (Å²) in [7, 11) is 0. The van der Waals surface area contributed by atoms with E-state index in [2.05, 4.69) is 15.0 Å². The van der Waals surface area contributed by atoms with Gasteiger partial charge < -0.3 is 5.73 Å². The summed E-state index contributed by atoms with van der Waals surface area (Å²) in [5, 5.41) is 1.01. The predicted molar refractivity (Wildman–Crippen MR) is 68.8 cm³/mol. The number of hydrogen-bond donors (Lipinski definition) is 1. The summed E-state index contributed by atoms with van der Waals surface area (Å²) in [6.07, 6.45) is 10.4. The van der Waals surface area contributed by atoms with Crippen molar-refractivity contribution in [3.05, 3.63) is 17.4 Å². The average Bonchev–Trinajstić information content (AvgIpc) is 2.66. The third-order valence-electron chi connectivity index (χ3n) is 3.47. The zero-order chi connectivity index (χ0) is 11.7. The predicted octanol–water partition coefficient (Wildman–Crippen LogP) is 2.59. The maximum absolute atomic E-state index is 6.54. The van der Waals surface area contributed by atoms with Crippen LogP contribution >= 0.6 is 11.3 Å². The van der Waals surface area contributed by atoms with E-state index < -0.39 is 0 Å². The van der Waals surface area contributed by atoms with Crippen molar-refractivity contribution in [3.63, 3.8) is 0 Å². The molecule has 3 rings (SSSR count). The molecule has 17 heavy (non-hydrogen) atoms. The Kier molecular flexibility index (Phi) is 2.80. The summed E-state index contributed by atoms with van der Waals surface area (Å²) in [6.45, 7) is 0. The van der Waals surface area contributed by atoms with E-state index in [1.165, 1.54) is 25.7 Å². The summed E-state index contributed by atoms with van der Waals surface area (Å²) in [5.41, 5.74) is 7.03. The van der Waals surface area contributed by atoms with Gasteiger partial charge in [0.25, 0.3) is 0 Å². The first-order valence-electron chi connectivity index (χ1n) is 6.15. The van der Waals surface area contributed by atoms with E-state index in [0.717, 1.165) is 28.3 Å². The van der Waals surface area contributed by atoms with Gasteiger partial charge in [-0.15, -0.1) is 0 Å². The molecule has 2 heterocycles. The summed E-state index contributed by atoms with van der Waals surface area (Å²) in [5.74, 6) is 0. The van der Waals surface area contributed by atoms with Crippen LogP contribution in [0.5, 0.6) is 0 Å². The molecule has 0 spiro atoms. The van der Waals surface area contributed by atoms with Crippen LogP contribution in [0.3, 0.4) is 0 Å². The number of nitrogens with two attached hydrogens (primary N) is 1. The minimum atomic E-state index is -0.246. The van der Waals surface area contributed by atoms with Crippen molar-refractivity contribution in [3.8, 4) is 0 Å². The molecule has 5 heteroatoms. The molecule has 2 N–H and O–H groups in total. The topological polar surface area (TPSA) is 64.7 Å². The van der Waals surface area contributed by atoms with Gasteiger partial charge in [0.05, 0.1) is 5.54 Å². The fourth-order valence-corrected chi connectivity index (χ4v) is 3.49. The largest absolute Gasteiger partial charge is 0.319 e. The van der Waals surface area contributed by atoms with Gasteiger partial charge in [-0.25, -0.2) is 15.0 Å². The van der Waals surface area contributed by atoms with E-state index >= 15 is 0 Å². The SMILES string of the molecule is NC1(c2nc3nccnc3s2)CCCCCC1. The highest BCUT2D eigenvalue weighted by atomic mass is 32.1. The molecule has 1 aliphatic rings. The molecule has 0 bridgehead atoms. The molecule has 1 saturated carbocycles. The smallest absolute Gasteiger partial charge is 0.189 e. The molecule has 0 aromatic carbocycles. The van der Waals surface area contributed by atoms with Gasteiger partial charge in [0.2, 0.25) is 0 Å². The van der Waals surface area contributed by atoms with Crippen molar-refractivity contribution in [1.29, 1.82) is 0 Å². The van der Waals surface area contributed by atoms with Gasteiger partial charge in [-0.05, 0) is 12.8 Å². The molecular formula is C12H16N4S. The molecule has 2 aromatic rings. The number of fused-ring (bicyclic) bond motifs is 1. The fourth-order valence-electron chi connectivity index (χ4n) is 2.46. The van der Waals surface area contributed by atoms with Crippen LogP contribution in [0.1, 0.15) is 43.5 Å². The Labute approximate surface area is 104 Å². The summed E-state index contributed by atoms with van der Waals surface area (Å²) in [6, 6.07) is 0. The Morgan fingerprint density at radius 2 is 1.76 bits per heavy atom. The lowest BCUT2D eigenvalue weighted by atomic mass is 9.92. The van der Waals surface area contributed by atoms with Gasteiger partial charge in [-0.1, -0.05) is 37.0 Å². The molecule has 0 radical (unpaired) electrons. The van der Waals surface area contributed by atoms with Gasteiger partial charge in [-0.3, -0.25) is 0 Å². The Hall–Kier alpha value is -1.07. The molecule has 0 amide bonds. The zero-order valence-corrected chi connectivity index (χ0v) is 10.5. The summed E-state index contributed by atoms with van der Waals surface area (Å²) >= 11 is 1.60. The molecule has 0 saturated heterocycles. The van der Waals surface area contributed by atoms with Crippen LogP contribution in [0.25, 0.3) is 10.5 Å². The third-order valence-corrected chi connectivity index (χ3v) is 4.64. The quantitative estimate of drug-likeness (QED) is 0.788. The van der Waals surface area contributed by atoms with E-state index in [4.69, 9.17) is 5.73 Å². The Balaban J connectivity index is 2.01. The highest BCUT2D eigenvalue weighted by molar-refractivity contribution is 7.18. The van der Waals surface area contributed by atoms with Gasteiger partial charge in [-0.2, -0.15) is 0 Å². The maximum Gasteiger partial charge on any atom is 0.189 e. The van der Waals surface area contributed by atoms with Gasteiger partial charge in [0.15, 0.2) is 10.5 Å². The van der Waals surface area contributed by atoms with Crippen LogP contribution < -0.4 is 5.73 Å². The molecule has 4 nitrogen and oxygen atoms in total. The normalized spacial score (nSPS) is 20.3. The third kappa shape index (κ3) is 2.05.